The van der Waals surface area contributed by atoms with Crippen molar-refractivity contribution in [1.29, 1.82) is 0 Å². The van der Waals surface area contributed by atoms with Gasteiger partial charge >= 0.3 is 11.7 Å². The molecule has 0 saturated carbocycles. The third-order valence-electron chi connectivity index (χ3n) is 3.89. The standard InChI is InChI=1S/C17H13ClFN3O5S/c1-9-8-20-17(25)22(9)14-5-3-2-4-13(14)21-28(26,27)15-6-10(16(23)24)12(19)7-11(15)18/h2-8,21H,1H3,(H,20,25)(H,23,24). The molecule has 0 spiro atoms. The minimum Gasteiger partial charge on any atom is -0.478 e. The summed E-state index contributed by atoms with van der Waals surface area (Å²) in [6, 6.07) is 7.35. The van der Waals surface area contributed by atoms with Crippen molar-refractivity contribution in [3.05, 3.63) is 75.2 Å². The van der Waals surface area contributed by atoms with Crippen molar-refractivity contribution in [2.24, 2.45) is 0 Å². The van der Waals surface area contributed by atoms with Crippen LogP contribution in [0.2, 0.25) is 5.02 Å². The van der Waals surface area contributed by atoms with Gasteiger partial charge in [0.25, 0.3) is 10.0 Å². The van der Waals surface area contributed by atoms with E-state index < -0.39 is 43.0 Å². The van der Waals surface area contributed by atoms with E-state index in [1.54, 1.807) is 19.1 Å². The lowest BCUT2D eigenvalue weighted by Gasteiger charge is -2.15. The van der Waals surface area contributed by atoms with Gasteiger partial charge in [-0.2, -0.15) is 0 Å². The summed E-state index contributed by atoms with van der Waals surface area (Å²) in [7, 11) is -4.39. The third-order valence-corrected chi connectivity index (χ3v) is 5.72. The van der Waals surface area contributed by atoms with Crippen molar-refractivity contribution in [3.8, 4) is 5.69 Å². The van der Waals surface area contributed by atoms with Crippen molar-refractivity contribution >= 4 is 33.3 Å². The number of sulfonamides is 1. The quantitative estimate of drug-likeness (QED) is 0.580. The average Bonchev–Trinajstić information content (AvgIpc) is 2.93. The highest BCUT2D eigenvalue weighted by molar-refractivity contribution is 7.92. The molecule has 3 N–H and O–H groups in total. The van der Waals surface area contributed by atoms with Gasteiger partial charge in [0.1, 0.15) is 10.7 Å². The fourth-order valence-corrected chi connectivity index (χ4v) is 4.22. The highest BCUT2D eigenvalue weighted by Crippen LogP contribution is 2.29. The first-order valence-corrected chi connectivity index (χ1v) is 9.59. The van der Waals surface area contributed by atoms with Crippen LogP contribution >= 0.6 is 11.6 Å². The van der Waals surface area contributed by atoms with E-state index in [-0.39, 0.29) is 11.4 Å². The lowest BCUT2D eigenvalue weighted by Crippen LogP contribution is -2.20. The van der Waals surface area contributed by atoms with Crippen LogP contribution in [0.25, 0.3) is 5.69 Å². The second-order valence-corrected chi connectivity index (χ2v) is 7.82. The Bertz CT molecular complexity index is 1250. The van der Waals surface area contributed by atoms with Crippen molar-refractivity contribution in [1.82, 2.24) is 9.55 Å². The zero-order valence-electron chi connectivity index (χ0n) is 14.2. The molecule has 11 heteroatoms. The molecule has 1 heterocycles. The topological polar surface area (TPSA) is 121 Å². The summed E-state index contributed by atoms with van der Waals surface area (Å²) >= 11 is 5.83. The first-order valence-electron chi connectivity index (χ1n) is 7.73. The molecule has 0 aliphatic heterocycles. The van der Waals surface area contributed by atoms with E-state index in [0.29, 0.717) is 17.8 Å². The number of nitrogens with zero attached hydrogens (tertiary/aromatic N) is 1. The van der Waals surface area contributed by atoms with Crippen LogP contribution < -0.4 is 10.4 Å². The number of hydrogen-bond acceptors (Lipinski definition) is 4. The molecule has 0 aliphatic rings. The maximum Gasteiger partial charge on any atom is 0.338 e. The van der Waals surface area contributed by atoms with Crippen LogP contribution in [0.1, 0.15) is 16.1 Å². The van der Waals surface area contributed by atoms with Crippen molar-refractivity contribution in [2.45, 2.75) is 11.8 Å². The van der Waals surface area contributed by atoms with Crippen LogP contribution in [0.3, 0.4) is 0 Å². The highest BCUT2D eigenvalue weighted by atomic mass is 35.5. The van der Waals surface area contributed by atoms with E-state index >= 15 is 0 Å². The van der Waals surface area contributed by atoms with Gasteiger partial charge in [-0.1, -0.05) is 23.7 Å². The molecule has 0 fully saturated rings. The molecule has 0 atom stereocenters. The molecule has 0 bridgehead atoms. The van der Waals surface area contributed by atoms with Crippen molar-refractivity contribution in [3.63, 3.8) is 0 Å². The molecule has 1 aromatic heterocycles. The fraction of sp³-hybridized carbons (Fsp3) is 0.0588. The predicted molar refractivity (Wildman–Crippen MR) is 100 cm³/mol. The van der Waals surface area contributed by atoms with E-state index in [2.05, 4.69) is 9.71 Å². The minimum atomic E-state index is -4.39. The van der Waals surface area contributed by atoms with Gasteiger partial charge in [-0.15, -0.1) is 0 Å². The Morgan fingerprint density at radius 3 is 2.57 bits per heavy atom. The summed E-state index contributed by atoms with van der Waals surface area (Å²) in [6.07, 6.45) is 1.46. The number of rotatable bonds is 5. The van der Waals surface area contributed by atoms with E-state index in [4.69, 9.17) is 16.7 Å². The summed E-state index contributed by atoms with van der Waals surface area (Å²) in [5.74, 6) is -2.80. The first kappa shape index (κ1) is 19.6. The molecule has 3 aromatic rings. The number of benzene rings is 2. The molecule has 0 saturated heterocycles. The Morgan fingerprint density at radius 2 is 1.96 bits per heavy atom. The third kappa shape index (κ3) is 3.51. The number of nitrogens with one attached hydrogen (secondary N) is 2. The second-order valence-electron chi connectivity index (χ2n) is 5.76. The zero-order chi connectivity index (χ0) is 20.6. The van der Waals surface area contributed by atoms with E-state index in [0.717, 1.165) is 0 Å². The summed E-state index contributed by atoms with van der Waals surface area (Å²) in [6.45, 7) is 1.65. The zero-order valence-corrected chi connectivity index (χ0v) is 15.8. The highest BCUT2D eigenvalue weighted by Gasteiger charge is 2.24. The van der Waals surface area contributed by atoms with Gasteiger partial charge < -0.3 is 10.1 Å². The number of anilines is 1. The number of aryl methyl sites for hydroxylation is 1. The van der Waals surface area contributed by atoms with Gasteiger partial charge in [-0.3, -0.25) is 9.29 Å². The van der Waals surface area contributed by atoms with Gasteiger partial charge in [0.2, 0.25) is 0 Å². The number of carboxylic acid groups (broad SMARTS) is 1. The number of imidazole rings is 1. The van der Waals surface area contributed by atoms with Gasteiger partial charge in [-0.05, 0) is 31.2 Å². The van der Waals surface area contributed by atoms with Crippen LogP contribution in [0, 0.1) is 12.7 Å². The number of hydrogen-bond donors (Lipinski definition) is 3. The normalized spacial score (nSPS) is 11.4. The van der Waals surface area contributed by atoms with Gasteiger partial charge in [-0.25, -0.2) is 22.4 Å². The lowest BCUT2D eigenvalue weighted by molar-refractivity contribution is 0.0691. The molecular formula is C17H13ClFN3O5S. The number of aromatic carboxylic acids is 1. The maximum absolute atomic E-state index is 13.7. The number of aromatic amines is 1. The number of halogens is 2. The van der Waals surface area contributed by atoms with Crippen molar-refractivity contribution < 1.29 is 22.7 Å². The molecule has 0 unspecified atom stereocenters. The molecule has 0 radical (unpaired) electrons. The van der Waals surface area contributed by atoms with Crippen LogP contribution in [-0.4, -0.2) is 29.0 Å². The molecule has 8 nitrogen and oxygen atoms in total. The Morgan fingerprint density at radius 1 is 1.29 bits per heavy atom. The molecular weight excluding hydrogens is 413 g/mol. The minimum absolute atomic E-state index is 0.0459. The van der Waals surface area contributed by atoms with E-state index in [9.17, 15) is 22.4 Å². The predicted octanol–water partition coefficient (Wildman–Crippen LogP) is 2.77. The number of carbonyl (C=O) groups is 1. The Balaban J connectivity index is 2.12. The second kappa shape index (κ2) is 7.13. The summed E-state index contributed by atoms with van der Waals surface area (Å²) in [4.78, 5) is 25.0. The monoisotopic (exact) mass is 425 g/mol. The first-order chi connectivity index (χ1) is 13.1. The molecule has 3 rings (SSSR count). The number of carboxylic acids is 1. The molecule has 2 aromatic carbocycles. The van der Waals surface area contributed by atoms with Gasteiger partial charge in [0.05, 0.1) is 22.0 Å². The maximum atomic E-state index is 13.7. The van der Waals surface area contributed by atoms with Crippen LogP contribution in [0.4, 0.5) is 10.1 Å². The summed E-state index contributed by atoms with van der Waals surface area (Å²) in [5, 5.41) is 8.54. The van der Waals surface area contributed by atoms with Gasteiger partial charge in [0, 0.05) is 11.9 Å². The molecule has 0 amide bonds. The van der Waals surface area contributed by atoms with Crippen molar-refractivity contribution in [2.75, 3.05) is 4.72 Å². The van der Waals surface area contributed by atoms with Crippen LogP contribution in [0.5, 0.6) is 0 Å². The smallest absolute Gasteiger partial charge is 0.338 e. The van der Waals surface area contributed by atoms with Gasteiger partial charge in [0.15, 0.2) is 0 Å². The summed E-state index contributed by atoms with van der Waals surface area (Å²) in [5.41, 5.74) is -0.492. The van der Waals surface area contributed by atoms with Crippen LogP contribution in [0.15, 0.2) is 52.3 Å². The SMILES string of the molecule is Cc1c[nH]c(=O)n1-c1ccccc1NS(=O)(=O)c1cc(C(=O)O)c(F)cc1Cl. The molecule has 28 heavy (non-hydrogen) atoms. The Labute approximate surface area is 163 Å². The number of para-hydroxylation sites is 2. The molecule has 146 valence electrons. The largest absolute Gasteiger partial charge is 0.478 e. The average molecular weight is 426 g/mol. The number of H-pyrrole nitrogens is 1. The lowest BCUT2D eigenvalue weighted by atomic mass is 10.2. The molecule has 0 aliphatic carbocycles. The Kier molecular flexibility index (Phi) is 5.01. The fourth-order valence-electron chi connectivity index (χ4n) is 2.61. The number of aromatic nitrogens is 2. The van der Waals surface area contributed by atoms with E-state index in [1.807, 2.05) is 0 Å². The van der Waals surface area contributed by atoms with Crippen LogP contribution in [-0.2, 0) is 10.0 Å². The van der Waals surface area contributed by atoms with E-state index in [1.165, 1.54) is 22.9 Å². The summed E-state index contributed by atoms with van der Waals surface area (Å²) < 4.78 is 42.8. The Hall–Kier alpha value is -3.11.